The lowest BCUT2D eigenvalue weighted by Gasteiger charge is -2.11. The van der Waals surface area contributed by atoms with Gasteiger partial charge in [0.2, 0.25) is 0 Å². The second-order valence-corrected chi connectivity index (χ2v) is 5.28. The molecule has 1 heterocycles. The Morgan fingerprint density at radius 1 is 1.40 bits per heavy atom. The molecule has 0 aliphatic heterocycles. The minimum absolute atomic E-state index is 0.00542. The lowest BCUT2D eigenvalue weighted by atomic mass is 10.1. The molecule has 1 fully saturated rings. The number of carboxylic acids is 1. The minimum atomic E-state index is -1.04. The topological polar surface area (TPSA) is 75.1 Å². The van der Waals surface area contributed by atoms with Gasteiger partial charge in [-0.2, -0.15) is 0 Å². The van der Waals surface area contributed by atoms with Gasteiger partial charge in [-0.05, 0) is 24.8 Å². The van der Waals surface area contributed by atoms with E-state index < -0.39 is 5.97 Å². The summed E-state index contributed by atoms with van der Waals surface area (Å²) in [6, 6.07) is 7.85. The zero-order chi connectivity index (χ0) is 14.1. The third kappa shape index (κ3) is 2.31. The van der Waals surface area contributed by atoms with E-state index in [1.807, 2.05) is 24.3 Å². The average Bonchev–Trinajstić information content (AvgIpc) is 3.17. The number of hydrogen-bond acceptors (Lipinski definition) is 4. The van der Waals surface area contributed by atoms with Crippen LogP contribution in [-0.2, 0) is 0 Å². The van der Waals surface area contributed by atoms with Crippen molar-refractivity contribution in [2.45, 2.75) is 32.2 Å². The summed E-state index contributed by atoms with van der Waals surface area (Å²) in [6.45, 7) is 2.17. The molecule has 0 radical (unpaired) electrons. The Hall–Kier alpha value is -2.17. The number of hydrogen-bond donors (Lipinski definition) is 2. The Morgan fingerprint density at radius 2 is 2.20 bits per heavy atom. The molecular weight excluding hydrogens is 254 g/mol. The first-order valence-electron chi connectivity index (χ1n) is 6.96. The Morgan fingerprint density at radius 3 is 2.95 bits per heavy atom. The van der Waals surface area contributed by atoms with Gasteiger partial charge in [-0.3, -0.25) is 0 Å². The number of fused-ring (bicyclic) bond motifs is 1. The van der Waals surface area contributed by atoms with Gasteiger partial charge in [0.1, 0.15) is 0 Å². The average molecular weight is 271 g/mol. The van der Waals surface area contributed by atoms with E-state index in [2.05, 4.69) is 22.4 Å². The largest absolute Gasteiger partial charge is 0.476 e. The Kier molecular flexibility index (Phi) is 3.26. The molecule has 0 saturated heterocycles. The van der Waals surface area contributed by atoms with E-state index in [-0.39, 0.29) is 5.69 Å². The maximum Gasteiger partial charge on any atom is 0.358 e. The van der Waals surface area contributed by atoms with Crippen molar-refractivity contribution in [2.24, 2.45) is 5.92 Å². The molecule has 20 heavy (non-hydrogen) atoms. The standard InChI is InChI=1S/C15H17N3O2/c1-2-5-9-8-12(9)16-13-10-6-3-4-7-11(10)17-18-14(13)15(19)20/h3-4,6-7,9,12H,2,5,8H2,1H3,(H,16,17)(H,19,20). The summed E-state index contributed by atoms with van der Waals surface area (Å²) < 4.78 is 0. The van der Waals surface area contributed by atoms with Crippen LogP contribution in [0.2, 0.25) is 0 Å². The monoisotopic (exact) mass is 271 g/mol. The third-order valence-electron chi connectivity index (χ3n) is 3.78. The highest BCUT2D eigenvalue weighted by molar-refractivity contribution is 6.02. The Bertz CT molecular complexity index is 657. The molecule has 2 aromatic rings. The van der Waals surface area contributed by atoms with Crippen molar-refractivity contribution in [2.75, 3.05) is 5.32 Å². The van der Waals surface area contributed by atoms with Crippen LogP contribution in [0.1, 0.15) is 36.7 Å². The molecule has 0 spiro atoms. The summed E-state index contributed by atoms with van der Waals surface area (Å²) in [4.78, 5) is 11.3. The van der Waals surface area contributed by atoms with Gasteiger partial charge in [-0.25, -0.2) is 4.79 Å². The van der Waals surface area contributed by atoms with Crippen LogP contribution < -0.4 is 5.32 Å². The first-order valence-corrected chi connectivity index (χ1v) is 6.96. The number of carbonyl (C=O) groups is 1. The number of aromatic nitrogens is 2. The fraction of sp³-hybridized carbons (Fsp3) is 0.400. The molecule has 1 saturated carbocycles. The highest BCUT2D eigenvalue weighted by atomic mass is 16.4. The van der Waals surface area contributed by atoms with Crippen molar-refractivity contribution in [3.05, 3.63) is 30.0 Å². The second kappa shape index (κ2) is 5.07. The predicted molar refractivity (Wildman–Crippen MR) is 76.9 cm³/mol. The van der Waals surface area contributed by atoms with Crippen LogP contribution in [0.5, 0.6) is 0 Å². The lowest BCUT2D eigenvalue weighted by Crippen LogP contribution is -2.13. The van der Waals surface area contributed by atoms with Crippen LogP contribution >= 0.6 is 0 Å². The fourth-order valence-corrected chi connectivity index (χ4v) is 2.65. The molecule has 5 nitrogen and oxygen atoms in total. The molecule has 3 rings (SSSR count). The number of aromatic carboxylic acids is 1. The summed E-state index contributed by atoms with van der Waals surface area (Å²) >= 11 is 0. The Balaban J connectivity index is 1.98. The summed E-state index contributed by atoms with van der Waals surface area (Å²) in [5, 5.41) is 21.3. The zero-order valence-corrected chi connectivity index (χ0v) is 11.3. The molecular formula is C15H17N3O2. The number of benzene rings is 1. The van der Waals surface area contributed by atoms with Gasteiger partial charge in [-0.1, -0.05) is 31.5 Å². The van der Waals surface area contributed by atoms with Crippen molar-refractivity contribution in [3.8, 4) is 0 Å². The zero-order valence-electron chi connectivity index (χ0n) is 11.3. The number of rotatable bonds is 5. The molecule has 2 N–H and O–H groups in total. The van der Waals surface area contributed by atoms with Crippen LogP contribution in [0.3, 0.4) is 0 Å². The van der Waals surface area contributed by atoms with Gasteiger partial charge in [0.15, 0.2) is 5.69 Å². The number of nitrogens with one attached hydrogen (secondary N) is 1. The van der Waals surface area contributed by atoms with Gasteiger partial charge >= 0.3 is 5.97 Å². The van der Waals surface area contributed by atoms with Crippen LogP contribution in [0, 0.1) is 5.92 Å². The van der Waals surface area contributed by atoms with Gasteiger partial charge in [0.25, 0.3) is 0 Å². The maximum atomic E-state index is 11.3. The van der Waals surface area contributed by atoms with Crippen molar-refractivity contribution in [1.29, 1.82) is 0 Å². The maximum absolute atomic E-state index is 11.3. The van der Waals surface area contributed by atoms with Crippen LogP contribution in [0.4, 0.5) is 5.69 Å². The molecule has 1 aliphatic carbocycles. The summed E-state index contributed by atoms with van der Waals surface area (Å²) in [5.74, 6) is -0.396. The van der Waals surface area contributed by atoms with Crippen molar-refractivity contribution >= 4 is 22.6 Å². The first-order chi connectivity index (χ1) is 9.70. The van der Waals surface area contributed by atoms with E-state index in [0.717, 1.165) is 18.2 Å². The number of nitrogens with zero attached hydrogens (tertiary/aromatic N) is 2. The molecule has 2 atom stereocenters. The van der Waals surface area contributed by atoms with E-state index in [9.17, 15) is 9.90 Å². The van der Waals surface area contributed by atoms with Crippen LogP contribution in [0.25, 0.3) is 10.9 Å². The van der Waals surface area contributed by atoms with E-state index in [0.29, 0.717) is 23.2 Å². The van der Waals surface area contributed by atoms with Crippen LogP contribution in [0.15, 0.2) is 24.3 Å². The van der Waals surface area contributed by atoms with E-state index in [1.54, 1.807) is 0 Å². The van der Waals surface area contributed by atoms with Crippen molar-refractivity contribution in [1.82, 2.24) is 10.2 Å². The fourth-order valence-electron chi connectivity index (χ4n) is 2.65. The van der Waals surface area contributed by atoms with Gasteiger partial charge in [0.05, 0.1) is 11.2 Å². The number of carboxylic acid groups (broad SMARTS) is 1. The third-order valence-corrected chi connectivity index (χ3v) is 3.78. The van der Waals surface area contributed by atoms with Crippen molar-refractivity contribution in [3.63, 3.8) is 0 Å². The Labute approximate surface area is 117 Å². The summed E-state index contributed by atoms with van der Waals surface area (Å²) in [5.41, 5.74) is 1.32. The molecule has 0 bridgehead atoms. The highest BCUT2D eigenvalue weighted by Crippen LogP contribution is 2.39. The molecule has 104 valence electrons. The van der Waals surface area contributed by atoms with Crippen LogP contribution in [-0.4, -0.2) is 27.3 Å². The molecule has 0 amide bonds. The second-order valence-electron chi connectivity index (χ2n) is 5.28. The molecule has 5 heteroatoms. The van der Waals surface area contributed by atoms with E-state index in [4.69, 9.17) is 0 Å². The molecule has 1 aliphatic rings. The lowest BCUT2D eigenvalue weighted by molar-refractivity contribution is 0.0690. The van der Waals surface area contributed by atoms with Gasteiger partial charge in [0, 0.05) is 11.4 Å². The highest BCUT2D eigenvalue weighted by Gasteiger charge is 2.37. The smallest absolute Gasteiger partial charge is 0.358 e. The number of anilines is 1. The molecule has 1 aromatic carbocycles. The summed E-state index contributed by atoms with van der Waals surface area (Å²) in [6.07, 6.45) is 3.43. The van der Waals surface area contributed by atoms with Crippen molar-refractivity contribution < 1.29 is 9.90 Å². The molecule has 1 aromatic heterocycles. The quantitative estimate of drug-likeness (QED) is 0.874. The predicted octanol–water partition coefficient (Wildman–Crippen LogP) is 2.93. The normalized spacial score (nSPS) is 20.9. The summed E-state index contributed by atoms with van der Waals surface area (Å²) in [7, 11) is 0. The minimum Gasteiger partial charge on any atom is -0.476 e. The van der Waals surface area contributed by atoms with E-state index >= 15 is 0 Å². The SMILES string of the molecule is CCCC1CC1Nc1c(C(=O)O)nnc2ccccc12. The molecule has 2 unspecified atom stereocenters. The first kappa shape index (κ1) is 12.8. The van der Waals surface area contributed by atoms with Gasteiger partial charge < -0.3 is 10.4 Å². The van der Waals surface area contributed by atoms with Gasteiger partial charge in [-0.15, -0.1) is 10.2 Å². The van der Waals surface area contributed by atoms with E-state index in [1.165, 1.54) is 6.42 Å².